The maximum absolute atomic E-state index is 11.8. The van der Waals surface area contributed by atoms with Gasteiger partial charge in [-0.05, 0) is 44.7 Å². The molecule has 0 saturated carbocycles. The van der Waals surface area contributed by atoms with Crippen LogP contribution in [0.25, 0.3) is 0 Å². The highest BCUT2D eigenvalue weighted by atomic mass is 16.1. The Morgan fingerprint density at radius 2 is 2.10 bits per heavy atom. The molecule has 1 aliphatic heterocycles. The van der Waals surface area contributed by atoms with E-state index >= 15 is 0 Å². The largest absolute Gasteiger partial charge is 0.356 e. The van der Waals surface area contributed by atoms with Gasteiger partial charge < -0.3 is 10.2 Å². The molecular weight excluding hydrogens is 260 g/mol. The van der Waals surface area contributed by atoms with Gasteiger partial charge in [-0.2, -0.15) is 0 Å². The summed E-state index contributed by atoms with van der Waals surface area (Å²) in [6.45, 7) is 5.46. The summed E-state index contributed by atoms with van der Waals surface area (Å²) in [5.74, 6) is 0.172. The van der Waals surface area contributed by atoms with Crippen LogP contribution in [0.3, 0.4) is 0 Å². The number of benzene rings is 1. The molecule has 1 heterocycles. The zero-order valence-electron chi connectivity index (χ0n) is 13.2. The average Bonchev–Trinajstić information content (AvgIpc) is 2.52. The molecule has 1 fully saturated rings. The number of carbonyl (C=O) groups is 1. The van der Waals surface area contributed by atoms with Gasteiger partial charge in [-0.15, -0.1) is 0 Å². The van der Waals surface area contributed by atoms with E-state index < -0.39 is 0 Å². The van der Waals surface area contributed by atoms with Crippen LogP contribution < -0.4 is 5.32 Å². The minimum Gasteiger partial charge on any atom is -0.356 e. The average molecular weight is 288 g/mol. The first kappa shape index (κ1) is 16.0. The van der Waals surface area contributed by atoms with Crippen molar-refractivity contribution < 1.29 is 4.79 Å². The van der Waals surface area contributed by atoms with Crippen molar-refractivity contribution in [1.29, 1.82) is 0 Å². The molecule has 3 nitrogen and oxygen atoms in total. The van der Waals surface area contributed by atoms with Gasteiger partial charge in [0.25, 0.3) is 0 Å². The van der Waals surface area contributed by atoms with Crippen molar-refractivity contribution in [3.05, 3.63) is 35.9 Å². The fourth-order valence-corrected chi connectivity index (χ4v) is 2.99. The number of aryl methyl sites for hydroxylation is 1. The van der Waals surface area contributed by atoms with E-state index in [-0.39, 0.29) is 5.91 Å². The van der Waals surface area contributed by atoms with Crippen molar-refractivity contribution in [3.8, 4) is 0 Å². The molecule has 0 spiro atoms. The molecular formula is C18H28N2O. The molecule has 1 amide bonds. The highest BCUT2D eigenvalue weighted by Crippen LogP contribution is 2.16. The minimum absolute atomic E-state index is 0.172. The lowest BCUT2D eigenvalue weighted by atomic mass is 10.0. The number of piperidine rings is 1. The molecule has 1 saturated heterocycles. The minimum atomic E-state index is 0.172. The van der Waals surface area contributed by atoms with Crippen molar-refractivity contribution in [2.24, 2.45) is 0 Å². The lowest BCUT2D eigenvalue weighted by molar-refractivity contribution is -0.121. The number of nitrogens with zero attached hydrogens (tertiary/aromatic N) is 1. The van der Waals surface area contributed by atoms with Crippen LogP contribution in [-0.4, -0.2) is 36.5 Å². The second-order valence-electron chi connectivity index (χ2n) is 6.07. The van der Waals surface area contributed by atoms with Gasteiger partial charge in [0.05, 0.1) is 0 Å². The van der Waals surface area contributed by atoms with E-state index in [1.54, 1.807) is 0 Å². The van der Waals surface area contributed by atoms with E-state index in [1.165, 1.54) is 31.4 Å². The Hall–Kier alpha value is -1.35. The molecule has 1 aliphatic rings. The second-order valence-corrected chi connectivity index (χ2v) is 6.07. The number of rotatable bonds is 7. The third kappa shape index (κ3) is 5.88. The third-order valence-electron chi connectivity index (χ3n) is 4.37. The van der Waals surface area contributed by atoms with E-state index in [9.17, 15) is 4.79 Å². The maximum Gasteiger partial charge on any atom is 0.220 e. The number of nitrogens with one attached hydrogen (secondary N) is 1. The zero-order chi connectivity index (χ0) is 14.9. The quantitative estimate of drug-likeness (QED) is 0.782. The van der Waals surface area contributed by atoms with E-state index in [1.807, 2.05) is 18.2 Å². The van der Waals surface area contributed by atoms with Gasteiger partial charge in [-0.3, -0.25) is 4.79 Å². The van der Waals surface area contributed by atoms with Gasteiger partial charge >= 0.3 is 0 Å². The van der Waals surface area contributed by atoms with Gasteiger partial charge in [0.2, 0.25) is 5.91 Å². The molecule has 1 aromatic rings. The van der Waals surface area contributed by atoms with Gasteiger partial charge in [0, 0.05) is 25.6 Å². The number of carbonyl (C=O) groups excluding carboxylic acids is 1. The van der Waals surface area contributed by atoms with Crippen LogP contribution in [0.4, 0.5) is 0 Å². The lowest BCUT2D eigenvalue weighted by Gasteiger charge is -2.33. The molecule has 2 rings (SSSR count). The van der Waals surface area contributed by atoms with Crippen LogP contribution in [0.5, 0.6) is 0 Å². The van der Waals surface area contributed by atoms with Crippen LogP contribution in [-0.2, 0) is 11.2 Å². The predicted octanol–water partition coefficient (Wildman–Crippen LogP) is 3.00. The van der Waals surface area contributed by atoms with Crippen LogP contribution in [0.2, 0.25) is 0 Å². The molecule has 21 heavy (non-hydrogen) atoms. The third-order valence-corrected chi connectivity index (χ3v) is 4.37. The summed E-state index contributed by atoms with van der Waals surface area (Å²) in [6, 6.07) is 10.9. The summed E-state index contributed by atoms with van der Waals surface area (Å²) in [5.41, 5.74) is 1.23. The van der Waals surface area contributed by atoms with Crippen LogP contribution in [0.1, 0.15) is 44.6 Å². The summed E-state index contributed by atoms with van der Waals surface area (Å²) in [7, 11) is 0. The molecule has 116 valence electrons. The van der Waals surface area contributed by atoms with Crippen LogP contribution >= 0.6 is 0 Å². The van der Waals surface area contributed by atoms with Crippen molar-refractivity contribution in [2.75, 3.05) is 19.6 Å². The first-order chi connectivity index (χ1) is 10.3. The number of hydrogen-bond donors (Lipinski definition) is 1. The Bertz CT molecular complexity index is 418. The Morgan fingerprint density at radius 3 is 2.86 bits per heavy atom. The van der Waals surface area contributed by atoms with E-state index in [2.05, 4.69) is 29.3 Å². The van der Waals surface area contributed by atoms with Crippen molar-refractivity contribution in [3.63, 3.8) is 0 Å². The van der Waals surface area contributed by atoms with Crippen LogP contribution in [0.15, 0.2) is 30.3 Å². The highest BCUT2D eigenvalue weighted by Gasteiger charge is 2.17. The lowest BCUT2D eigenvalue weighted by Crippen LogP contribution is -2.39. The Kier molecular flexibility index (Phi) is 6.74. The SMILES string of the molecule is CC1CCCCN1CCCNC(=O)CCc1ccccc1. The smallest absolute Gasteiger partial charge is 0.220 e. The molecule has 1 N–H and O–H groups in total. The predicted molar refractivity (Wildman–Crippen MR) is 87.3 cm³/mol. The summed E-state index contributed by atoms with van der Waals surface area (Å²) < 4.78 is 0. The summed E-state index contributed by atoms with van der Waals surface area (Å²) >= 11 is 0. The van der Waals surface area contributed by atoms with Gasteiger partial charge in [0.1, 0.15) is 0 Å². The van der Waals surface area contributed by atoms with E-state index in [4.69, 9.17) is 0 Å². The van der Waals surface area contributed by atoms with Crippen molar-refractivity contribution in [1.82, 2.24) is 10.2 Å². The maximum atomic E-state index is 11.8. The van der Waals surface area contributed by atoms with Crippen molar-refractivity contribution >= 4 is 5.91 Å². The summed E-state index contributed by atoms with van der Waals surface area (Å²) in [6.07, 6.45) is 6.49. The summed E-state index contributed by atoms with van der Waals surface area (Å²) in [5, 5.41) is 3.04. The Balaban J connectivity index is 1.55. The standard InChI is InChI=1S/C18H28N2O/c1-16-8-5-6-14-20(16)15-7-13-19-18(21)12-11-17-9-3-2-4-10-17/h2-4,9-10,16H,5-8,11-15H2,1H3,(H,19,21). The second kappa shape index (κ2) is 8.83. The monoisotopic (exact) mass is 288 g/mol. The molecule has 0 radical (unpaired) electrons. The summed E-state index contributed by atoms with van der Waals surface area (Å²) in [4.78, 5) is 14.4. The van der Waals surface area contributed by atoms with E-state index in [0.29, 0.717) is 12.5 Å². The number of hydrogen-bond acceptors (Lipinski definition) is 2. The Labute approximate surface area is 128 Å². The van der Waals surface area contributed by atoms with E-state index in [0.717, 1.165) is 25.9 Å². The fourth-order valence-electron chi connectivity index (χ4n) is 2.99. The van der Waals surface area contributed by atoms with Crippen LogP contribution in [0, 0.1) is 0 Å². The number of likely N-dealkylation sites (tertiary alicyclic amines) is 1. The molecule has 1 atom stereocenters. The molecule has 1 unspecified atom stereocenters. The topological polar surface area (TPSA) is 32.3 Å². The Morgan fingerprint density at radius 1 is 1.29 bits per heavy atom. The van der Waals surface area contributed by atoms with Crippen molar-refractivity contribution in [2.45, 2.75) is 51.5 Å². The zero-order valence-corrected chi connectivity index (χ0v) is 13.2. The highest BCUT2D eigenvalue weighted by molar-refractivity contribution is 5.76. The normalized spacial score (nSPS) is 19.4. The fraction of sp³-hybridized carbons (Fsp3) is 0.611. The van der Waals surface area contributed by atoms with Gasteiger partial charge in [-0.1, -0.05) is 36.8 Å². The number of amides is 1. The molecule has 0 aromatic heterocycles. The molecule has 0 aliphatic carbocycles. The first-order valence-corrected chi connectivity index (χ1v) is 8.30. The van der Waals surface area contributed by atoms with Gasteiger partial charge in [-0.25, -0.2) is 0 Å². The molecule has 0 bridgehead atoms. The first-order valence-electron chi connectivity index (χ1n) is 8.30. The molecule has 3 heteroatoms. The molecule has 1 aromatic carbocycles. The van der Waals surface area contributed by atoms with Gasteiger partial charge in [0.15, 0.2) is 0 Å².